The lowest BCUT2D eigenvalue weighted by Crippen LogP contribution is -2.42. The van der Waals surface area contributed by atoms with Crippen molar-refractivity contribution in [3.8, 4) is 5.69 Å². The maximum Gasteiger partial charge on any atom is 0.240 e. The molecule has 1 aromatic heterocycles. The Balaban J connectivity index is 2.02. The number of rotatable bonds is 6. The minimum atomic E-state index is -0.410. The summed E-state index contributed by atoms with van der Waals surface area (Å²) in [5.41, 5.74) is 2.46. The van der Waals surface area contributed by atoms with Crippen LogP contribution in [0, 0.1) is 5.82 Å². The van der Waals surface area contributed by atoms with Crippen LogP contribution in [0.3, 0.4) is 0 Å². The van der Waals surface area contributed by atoms with Gasteiger partial charge >= 0.3 is 0 Å². The van der Waals surface area contributed by atoms with Crippen LogP contribution in [-0.4, -0.2) is 40.4 Å². The number of nitrogens with zero attached hydrogens (tertiary/aromatic N) is 3. The van der Waals surface area contributed by atoms with Crippen LogP contribution in [0.2, 0.25) is 5.02 Å². The number of anilines is 1. The van der Waals surface area contributed by atoms with E-state index in [1.165, 1.54) is 28.8 Å². The van der Waals surface area contributed by atoms with Gasteiger partial charge in [0.1, 0.15) is 18.2 Å². The first kappa shape index (κ1) is 26.2. The number of hydrogen-bond acceptors (Lipinski definition) is 4. The number of thioether (sulfide) groups is 1. The number of carbonyl (C=O) groups excluding carboxylic acids is 2. The molecule has 0 saturated heterocycles. The number of amides is 2. The highest BCUT2D eigenvalue weighted by molar-refractivity contribution is 8.00. The Morgan fingerprint density at radius 1 is 1.22 bits per heavy atom. The first-order valence-corrected chi connectivity index (χ1v) is 13.4. The van der Waals surface area contributed by atoms with Gasteiger partial charge in [0.25, 0.3) is 0 Å². The lowest BCUT2D eigenvalue weighted by atomic mass is 9.87. The number of nitrogens with one attached hydrogen (secondary N) is 1. The SMILES string of the molecule is CCCNC(=O)CN1C(=O)CSC(c2cccc(F)c2)c2c(C(C)(C)C)nn(-c3ccccc3Cl)c21. The standard InChI is InChI=1S/C27H30ClFN4O2S/c1-5-13-30-21(34)15-32-22(35)16-36-24(17-9-8-10-18(29)14-17)23-25(27(2,3)4)31-33(26(23)32)20-12-7-6-11-19(20)28/h6-12,14,24H,5,13,15-16H2,1-4H3,(H,30,34). The summed E-state index contributed by atoms with van der Waals surface area (Å²) in [6.07, 6.45) is 0.786. The average Bonchev–Trinajstić information content (AvgIpc) is 3.16. The third-order valence-electron chi connectivity index (χ3n) is 5.91. The maximum absolute atomic E-state index is 14.3. The number of aromatic nitrogens is 2. The van der Waals surface area contributed by atoms with Gasteiger partial charge in [0.2, 0.25) is 11.8 Å². The van der Waals surface area contributed by atoms with E-state index in [4.69, 9.17) is 16.7 Å². The van der Waals surface area contributed by atoms with E-state index in [1.54, 1.807) is 16.8 Å². The Morgan fingerprint density at radius 2 is 1.97 bits per heavy atom. The van der Waals surface area contributed by atoms with E-state index in [2.05, 4.69) is 5.32 Å². The molecule has 36 heavy (non-hydrogen) atoms. The van der Waals surface area contributed by atoms with E-state index < -0.39 is 5.41 Å². The van der Waals surface area contributed by atoms with Gasteiger partial charge in [-0.3, -0.25) is 14.5 Å². The van der Waals surface area contributed by atoms with Gasteiger partial charge in [-0.05, 0) is 36.2 Å². The number of benzene rings is 2. The van der Waals surface area contributed by atoms with Crippen molar-refractivity contribution in [2.75, 3.05) is 23.7 Å². The van der Waals surface area contributed by atoms with Crippen molar-refractivity contribution in [1.29, 1.82) is 0 Å². The monoisotopic (exact) mass is 528 g/mol. The van der Waals surface area contributed by atoms with Crippen LogP contribution in [-0.2, 0) is 15.0 Å². The van der Waals surface area contributed by atoms with Gasteiger partial charge < -0.3 is 5.32 Å². The van der Waals surface area contributed by atoms with E-state index in [-0.39, 0.29) is 35.2 Å². The molecule has 0 saturated carbocycles. The Labute approximate surface area is 220 Å². The molecule has 2 amide bonds. The van der Waals surface area contributed by atoms with Gasteiger partial charge in [0.15, 0.2) is 0 Å². The Kier molecular flexibility index (Phi) is 7.76. The second-order valence-electron chi connectivity index (χ2n) is 9.77. The van der Waals surface area contributed by atoms with Crippen LogP contribution in [0.5, 0.6) is 0 Å². The number of hydrogen-bond donors (Lipinski definition) is 1. The number of carbonyl (C=O) groups is 2. The van der Waals surface area contributed by atoms with Crippen molar-refractivity contribution >= 4 is 41.0 Å². The van der Waals surface area contributed by atoms with Crippen LogP contribution in [0.15, 0.2) is 48.5 Å². The molecule has 1 aliphatic heterocycles. The molecule has 0 fully saturated rings. The molecule has 0 aliphatic carbocycles. The fourth-order valence-corrected chi connectivity index (χ4v) is 5.67. The zero-order valence-corrected chi connectivity index (χ0v) is 22.4. The molecule has 4 rings (SSSR count). The summed E-state index contributed by atoms with van der Waals surface area (Å²) in [6.45, 7) is 8.48. The topological polar surface area (TPSA) is 67.2 Å². The van der Waals surface area contributed by atoms with Gasteiger partial charge in [-0.25, -0.2) is 9.07 Å². The lowest BCUT2D eigenvalue weighted by Gasteiger charge is -2.24. The largest absolute Gasteiger partial charge is 0.355 e. The fourth-order valence-electron chi connectivity index (χ4n) is 4.26. The molecule has 0 bridgehead atoms. The van der Waals surface area contributed by atoms with Crippen LogP contribution < -0.4 is 10.2 Å². The molecule has 1 atom stereocenters. The predicted molar refractivity (Wildman–Crippen MR) is 144 cm³/mol. The number of fused-ring (bicyclic) bond motifs is 1. The maximum atomic E-state index is 14.3. The first-order chi connectivity index (χ1) is 17.1. The van der Waals surface area contributed by atoms with E-state index in [1.807, 2.05) is 52.0 Å². The van der Waals surface area contributed by atoms with E-state index in [0.29, 0.717) is 23.1 Å². The predicted octanol–water partition coefficient (Wildman–Crippen LogP) is 5.66. The second-order valence-corrected chi connectivity index (χ2v) is 11.3. The highest BCUT2D eigenvalue weighted by atomic mass is 35.5. The molecule has 0 radical (unpaired) electrons. The molecule has 1 unspecified atom stereocenters. The van der Waals surface area contributed by atoms with Crippen LogP contribution in [0.1, 0.15) is 56.2 Å². The zero-order valence-electron chi connectivity index (χ0n) is 20.8. The second kappa shape index (κ2) is 10.6. The van der Waals surface area contributed by atoms with Gasteiger partial charge in [-0.2, -0.15) is 5.10 Å². The summed E-state index contributed by atoms with van der Waals surface area (Å²) in [5, 5.41) is 7.95. The fraction of sp³-hybridized carbons (Fsp3) is 0.370. The van der Waals surface area contributed by atoms with Gasteiger partial charge in [-0.1, -0.05) is 63.6 Å². The molecular weight excluding hydrogens is 499 g/mol. The van der Waals surface area contributed by atoms with Crippen molar-refractivity contribution in [2.24, 2.45) is 0 Å². The summed E-state index contributed by atoms with van der Waals surface area (Å²) in [4.78, 5) is 27.9. The quantitative estimate of drug-likeness (QED) is 0.448. The summed E-state index contributed by atoms with van der Waals surface area (Å²) < 4.78 is 16.0. The highest BCUT2D eigenvalue weighted by Crippen LogP contribution is 2.48. The zero-order chi connectivity index (χ0) is 26.0. The number of para-hydroxylation sites is 1. The van der Waals surface area contributed by atoms with Crippen molar-refractivity contribution in [2.45, 2.75) is 44.8 Å². The van der Waals surface area contributed by atoms with E-state index in [0.717, 1.165) is 23.2 Å². The van der Waals surface area contributed by atoms with Crippen molar-refractivity contribution in [3.05, 3.63) is 76.2 Å². The summed E-state index contributed by atoms with van der Waals surface area (Å²) in [5.74, 6) is -0.209. The van der Waals surface area contributed by atoms with Gasteiger partial charge in [0.05, 0.1) is 27.4 Å². The first-order valence-electron chi connectivity index (χ1n) is 11.9. The molecule has 3 aromatic rings. The van der Waals surface area contributed by atoms with Gasteiger partial charge in [-0.15, -0.1) is 11.8 Å². The molecule has 190 valence electrons. The van der Waals surface area contributed by atoms with Crippen LogP contribution in [0.25, 0.3) is 5.69 Å². The average molecular weight is 529 g/mol. The smallest absolute Gasteiger partial charge is 0.240 e. The Morgan fingerprint density at radius 3 is 2.64 bits per heavy atom. The van der Waals surface area contributed by atoms with Crippen LogP contribution in [0.4, 0.5) is 10.2 Å². The number of halogens is 2. The minimum absolute atomic E-state index is 0.128. The molecular formula is C27H30ClFN4O2S. The summed E-state index contributed by atoms with van der Waals surface area (Å²) in [7, 11) is 0. The van der Waals surface area contributed by atoms with Gasteiger partial charge in [0, 0.05) is 17.5 Å². The van der Waals surface area contributed by atoms with Crippen molar-refractivity contribution < 1.29 is 14.0 Å². The van der Waals surface area contributed by atoms with Crippen LogP contribution >= 0.6 is 23.4 Å². The van der Waals surface area contributed by atoms with Crippen molar-refractivity contribution in [1.82, 2.24) is 15.1 Å². The third-order valence-corrected chi connectivity index (χ3v) is 7.48. The minimum Gasteiger partial charge on any atom is -0.355 e. The molecule has 9 heteroatoms. The van der Waals surface area contributed by atoms with Crippen molar-refractivity contribution in [3.63, 3.8) is 0 Å². The lowest BCUT2D eigenvalue weighted by molar-refractivity contribution is -0.122. The molecule has 2 aromatic carbocycles. The van der Waals surface area contributed by atoms with E-state index in [9.17, 15) is 14.0 Å². The highest BCUT2D eigenvalue weighted by Gasteiger charge is 2.40. The Bertz CT molecular complexity index is 1290. The molecule has 0 spiro atoms. The molecule has 1 N–H and O–H groups in total. The normalized spacial score (nSPS) is 16.0. The Hall–Kier alpha value is -2.84. The summed E-state index contributed by atoms with van der Waals surface area (Å²) in [6, 6.07) is 13.7. The third kappa shape index (κ3) is 5.30. The molecule has 1 aliphatic rings. The molecule has 6 nitrogen and oxygen atoms in total. The molecule has 2 heterocycles. The van der Waals surface area contributed by atoms with E-state index >= 15 is 0 Å². The summed E-state index contributed by atoms with van der Waals surface area (Å²) >= 11 is 8.01.